The summed E-state index contributed by atoms with van der Waals surface area (Å²) in [6, 6.07) is 14.2. The second-order valence-corrected chi connectivity index (χ2v) is 6.84. The number of hydrogen-bond acceptors (Lipinski definition) is 3. The van der Waals surface area contributed by atoms with Crippen LogP contribution in [0.2, 0.25) is 0 Å². The monoisotopic (exact) mass is 320 g/mol. The van der Waals surface area contributed by atoms with Crippen LogP contribution in [-0.4, -0.2) is 30.3 Å². The van der Waals surface area contributed by atoms with Crippen molar-refractivity contribution in [3.8, 4) is 0 Å². The Kier molecular flexibility index (Phi) is 6.63. The minimum Gasteiger partial charge on any atom is -0.337 e. The fourth-order valence-electron chi connectivity index (χ4n) is 1.86. The Bertz CT molecular complexity index is 528. The van der Waals surface area contributed by atoms with Gasteiger partial charge in [0.05, 0.1) is 0 Å². The van der Waals surface area contributed by atoms with Crippen molar-refractivity contribution in [1.82, 2.24) is 10.2 Å². The summed E-state index contributed by atoms with van der Waals surface area (Å²) in [4.78, 5) is 15.0. The van der Waals surface area contributed by atoms with E-state index in [1.165, 1.54) is 4.88 Å². The molecule has 0 aliphatic rings. The molecule has 1 aromatic carbocycles. The zero-order valence-electron chi connectivity index (χ0n) is 12.1. The predicted molar refractivity (Wildman–Crippen MR) is 91.8 cm³/mol. The number of amides is 2. The molecule has 0 atom stereocenters. The summed E-state index contributed by atoms with van der Waals surface area (Å²) in [7, 11) is 1.82. The van der Waals surface area contributed by atoms with Gasteiger partial charge in [0.15, 0.2) is 0 Å². The molecule has 0 fully saturated rings. The minimum atomic E-state index is -0.0180. The van der Waals surface area contributed by atoms with Crippen LogP contribution in [0.3, 0.4) is 0 Å². The molecule has 1 heterocycles. The van der Waals surface area contributed by atoms with Crippen molar-refractivity contribution in [3.05, 3.63) is 58.3 Å². The number of thiophene rings is 1. The summed E-state index contributed by atoms with van der Waals surface area (Å²) in [5.74, 6) is 1.95. The molecule has 0 aliphatic heterocycles. The standard InChI is InChI=1S/C16H20N2OS2/c1-18(12-14-6-3-2-4-7-14)16(19)17-9-11-20-13-15-8-5-10-21-15/h2-8,10H,9,11-13H2,1H3,(H,17,19). The molecule has 1 aromatic heterocycles. The van der Waals surface area contributed by atoms with Crippen LogP contribution < -0.4 is 5.32 Å². The number of nitrogens with zero attached hydrogens (tertiary/aromatic N) is 1. The van der Waals surface area contributed by atoms with E-state index in [9.17, 15) is 4.79 Å². The van der Waals surface area contributed by atoms with Crippen LogP contribution in [0, 0.1) is 0 Å². The van der Waals surface area contributed by atoms with Crippen LogP contribution in [0.4, 0.5) is 4.79 Å². The van der Waals surface area contributed by atoms with Crippen molar-refractivity contribution in [2.45, 2.75) is 12.3 Å². The summed E-state index contributed by atoms with van der Waals surface area (Å²) >= 11 is 3.62. The van der Waals surface area contributed by atoms with Gasteiger partial charge in [-0.15, -0.1) is 11.3 Å². The third kappa shape index (κ3) is 5.81. The molecular formula is C16H20N2OS2. The van der Waals surface area contributed by atoms with Gasteiger partial charge in [-0.05, 0) is 17.0 Å². The average molecular weight is 320 g/mol. The second kappa shape index (κ2) is 8.74. The van der Waals surface area contributed by atoms with Crippen LogP contribution in [0.1, 0.15) is 10.4 Å². The van der Waals surface area contributed by atoms with Crippen LogP contribution >= 0.6 is 23.1 Å². The molecule has 2 amide bonds. The lowest BCUT2D eigenvalue weighted by atomic mass is 10.2. The highest BCUT2D eigenvalue weighted by atomic mass is 32.2. The third-order valence-corrected chi connectivity index (χ3v) is 5.02. The predicted octanol–water partition coefficient (Wildman–Crippen LogP) is 3.82. The van der Waals surface area contributed by atoms with Gasteiger partial charge < -0.3 is 10.2 Å². The van der Waals surface area contributed by atoms with Crippen LogP contribution in [0.5, 0.6) is 0 Å². The van der Waals surface area contributed by atoms with Crippen LogP contribution in [-0.2, 0) is 12.3 Å². The Labute approximate surface area is 134 Å². The molecule has 2 rings (SSSR count). The fourth-order valence-corrected chi connectivity index (χ4v) is 3.56. The number of nitrogens with one attached hydrogen (secondary N) is 1. The van der Waals surface area contributed by atoms with E-state index in [1.807, 2.05) is 49.1 Å². The Morgan fingerprint density at radius 1 is 1.24 bits per heavy atom. The van der Waals surface area contributed by atoms with Crippen molar-refractivity contribution in [2.24, 2.45) is 0 Å². The van der Waals surface area contributed by atoms with E-state index in [-0.39, 0.29) is 6.03 Å². The Balaban J connectivity index is 1.60. The molecule has 0 aliphatic carbocycles. The molecule has 0 unspecified atom stereocenters. The zero-order chi connectivity index (χ0) is 14.9. The molecule has 0 saturated heterocycles. The van der Waals surface area contributed by atoms with E-state index in [1.54, 1.807) is 16.2 Å². The molecule has 0 bridgehead atoms. The molecule has 1 N–H and O–H groups in total. The summed E-state index contributed by atoms with van der Waals surface area (Å²) in [5, 5.41) is 5.05. The van der Waals surface area contributed by atoms with Crippen molar-refractivity contribution in [1.29, 1.82) is 0 Å². The van der Waals surface area contributed by atoms with Gasteiger partial charge in [-0.3, -0.25) is 0 Å². The number of thioether (sulfide) groups is 1. The number of rotatable bonds is 7. The number of hydrogen-bond donors (Lipinski definition) is 1. The average Bonchev–Trinajstić information content (AvgIpc) is 3.01. The largest absolute Gasteiger partial charge is 0.337 e. The Morgan fingerprint density at radius 2 is 2.05 bits per heavy atom. The fraction of sp³-hybridized carbons (Fsp3) is 0.312. The van der Waals surface area contributed by atoms with E-state index in [4.69, 9.17) is 0 Å². The first-order valence-electron chi connectivity index (χ1n) is 6.89. The zero-order valence-corrected chi connectivity index (χ0v) is 13.8. The van der Waals surface area contributed by atoms with Gasteiger partial charge in [-0.2, -0.15) is 11.8 Å². The lowest BCUT2D eigenvalue weighted by Crippen LogP contribution is -2.37. The molecule has 0 radical (unpaired) electrons. The lowest BCUT2D eigenvalue weighted by Gasteiger charge is -2.18. The summed E-state index contributed by atoms with van der Waals surface area (Å²) < 4.78 is 0. The summed E-state index contributed by atoms with van der Waals surface area (Å²) in [6.45, 7) is 1.34. The number of urea groups is 1. The first-order chi connectivity index (χ1) is 10.3. The molecule has 112 valence electrons. The van der Waals surface area contributed by atoms with Gasteiger partial charge in [0.2, 0.25) is 0 Å². The van der Waals surface area contributed by atoms with E-state index in [0.29, 0.717) is 13.1 Å². The summed E-state index contributed by atoms with van der Waals surface area (Å²) in [5.41, 5.74) is 1.14. The SMILES string of the molecule is CN(Cc1ccccc1)C(=O)NCCSCc1cccs1. The van der Waals surface area contributed by atoms with Gasteiger partial charge in [-0.25, -0.2) is 4.79 Å². The Hall–Kier alpha value is -1.46. The van der Waals surface area contributed by atoms with Gasteiger partial charge >= 0.3 is 6.03 Å². The van der Waals surface area contributed by atoms with E-state index in [2.05, 4.69) is 22.8 Å². The first kappa shape index (κ1) is 15.9. The maximum atomic E-state index is 11.9. The minimum absolute atomic E-state index is 0.0180. The molecule has 3 nitrogen and oxygen atoms in total. The molecule has 0 spiro atoms. The molecule has 21 heavy (non-hydrogen) atoms. The third-order valence-electron chi connectivity index (χ3n) is 2.96. The smallest absolute Gasteiger partial charge is 0.317 e. The van der Waals surface area contributed by atoms with Gasteiger partial charge in [-0.1, -0.05) is 36.4 Å². The van der Waals surface area contributed by atoms with Gasteiger partial charge in [0, 0.05) is 36.5 Å². The highest BCUT2D eigenvalue weighted by Crippen LogP contribution is 2.16. The van der Waals surface area contributed by atoms with Crippen molar-refractivity contribution in [3.63, 3.8) is 0 Å². The lowest BCUT2D eigenvalue weighted by molar-refractivity contribution is 0.207. The highest BCUT2D eigenvalue weighted by molar-refractivity contribution is 7.98. The van der Waals surface area contributed by atoms with Crippen molar-refractivity contribution in [2.75, 3.05) is 19.3 Å². The molecule has 5 heteroatoms. The maximum absolute atomic E-state index is 11.9. The van der Waals surface area contributed by atoms with E-state index < -0.39 is 0 Å². The van der Waals surface area contributed by atoms with Crippen LogP contribution in [0.15, 0.2) is 47.8 Å². The molecular weight excluding hydrogens is 300 g/mol. The normalized spacial score (nSPS) is 10.3. The number of carbonyl (C=O) groups excluding carboxylic acids is 1. The topological polar surface area (TPSA) is 32.3 Å². The quantitative estimate of drug-likeness (QED) is 0.787. The second-order valence-electron chi connectivity index (χ2n) is 4.71. The number of carbonyl (C=O) groups is 1. The van der Waals surface area contributed by atoms with Crippen molar-refractivity contribution >= 4 is 29.1 Å². The molecule has 2 aromatic rings. The van der Waals surface area contributed by atoms with Crippen molar-refractivity contribution < 1.29 is 4.79 Å². The van der Waals surface area contributed by atoms with E-state index in [0.717, 1.165) is 17.1 Å². The maximum Gasteiger partial charge on any atom is 0.317 e. The molecule has 0 saturated carbocycles. The number of benzene rings is 1. The van der Waals surface area contributed by atoms with Gasteiger partial charge in [0.1, 0.15) is 0 Å². The first-order valence-corrected chi connectivity index (χ1v) is 8.92. The van der Waals surface area contributed by atoms with Crippen LogP contribution in [0.25, 0.3) is 0 Å². The van der Waals surface area contributed by atoms with E-state index >= 15 is 0 Å². The highest BCUT2D eigenvalue weighted by Gasteiger charge is 2.07. The Morgan fingerprint density at radius 3 is 2.76 bits per heavy atom. The summed E-state index contributed by atoms with van der Waals surface area (Å²) in [6.07, 6.45) is 0. The van der Waals surface area contributed by atoms with Gasteiger partial charge in [0.25, 0.3) is 0 Å².